The summed E-state index contributed by atoms with van der Waals surface area (Å²) in [6.45, 7) is 4.08. The lowest BCUT2D eigenvalue weighted by molar-refractivity contribution is -0.119. The summed E-state index contributed by atoms with van der Waals surface area (Å²) < 4.78 is 0. The molecule has 1 aromatic rings. The van der Waals surface area contributed by atoms with Crippen LogP contribution in [0.1, 0.15) is 24.9 Å². The lowest BCUT2D eigenvalue weighted by Gasteiger charge is -2.29. The first-order valence-electron chi connectivity index (χ1n) is 6.09. The third kappa shape index (κ3) is 4.19. The summed E-state index contributed by atoms with van der Waals surface area (Å²) in [5, 5.41) is 0. The van der Waals surface area contributed by atoms with Crippen LogP contribution in [0.4, 0.5) is 0 Å². The predicted molar refractivity (Wildman–Crippen MR) is 70.8 cm³/mol. The number of hydrogen-bond acceptors (Lipinski definition) is 2. The van der Waals surface area contributed by atoms with Gasteiger partial charge in [-0.1, -0.05) is 37.3 Å². The molecule has 0 spiro atoms. The van der Waals surface area contributed by atoms with Crippen molar-refractivity contribution in [3.63, 3.8) is 0 Å². The van der Waals surface area contributed by atoms with Crippen molar-refractivity contribution in [2.24, 2.45) is 0 Å². The lowest BCUT2D eigenvalue weighted by atomic mass is 10.1. The summed E-state index contributed by atoms with van der Waals surface area (Å²) in [6, 6.07) is 10.3. The van der Waals surface area contributed by atoms with Crippen LogP contribution in [0.25, 0.3) is 0 Å². The second kappa shape index (κ2) is 7.07. The molecule has 17 heavy (non-hydrogen) atoms. The van der Waals surface area contributed by atoms with Gasteiger partial charge in [0.2, 0.25) is 6.41 Å². The van der Waals surface area contributed by atoms with E-state index in [0.29, 0.717) is 0 Å². The van der Waals surface area contributed by atoms with Crippen LogP contribution in [0, 0.1) is 0 Å². The van der Waals surface area contributed by atoms with Crippen molar-refractivity contribution in [2.75, 3.05) is 27.2 Å². The Balaban J connectivity index is 2.78. The molecule has 0 fully saturated rings. The number of likely N-dealkylation sites (N-methyl/N-ethyl adjacent to an activating group) is 2. The van der Waals surface area contributed by atoms with Gasteiger partial charge in [0.15, 0.2) is 0 Å². The zero-order chi connectivity index (χ0) is 12.7. The van der Waals surface area contributed by atoms with Gasteiger partial charge in [0, 0.05) is 13.6 Å². The molecule has 0 saturated heterocycles. The second-order valence-electron chi connectivity index (χ2n) is 4.46. The van der Waals surface area contributed by atoms with Crippen molar-refractivity contribution in [1.82, 2.24) is 9.80 Å². The molecule has 1 unspecified atom stereocenters. The molecule has 1 aromatic carbocycles. The van der Waals surface area contributed by atoms with Crippen molar-refractivity contribution in [3.05, 3.63) is 35.9 Å². The Morgan fingerprint density at radius 1 is 1.24 bits per heavy atom. The van der Waals surface area contributed by atoms with E-state index >= 15 is 0 Å². The number of carbonyl (C=O) groups excluding carboxylic acids is 1. The number of hydrogen-bond donors (Lipinski definition) is 0. The average Bonchev–Trinajstić information content (AvgIpc) is 2.36. The smallest absolute Gasteiger partial charge is 0.210 e. The van der Waals surface area contributed by atoms with E-state index in [9.17, 15) is 4.79 Å². The quantitative estimate of drug-likeness (QED) is 0.675. The van der Waals surface area contributed by atoms with E-state index in [1.165, 1.54) is 5.56 Å². The zero-order valence-corrected chi connectivity index (χ0v) is 11.0. The van der Waals surface area contributed by atoms with E-state index in [0.717, 1.165) is 25.9 Å². The first kappa shape index (κ1) is 13.7. The number of benzene rings is 1. The molecule has 0 heterocycles. The maximum atomic E-state index is 11.0. The van der Waals surface area contributed by atoms with Gasteiger partial charge in [0.25, 0.3) is 0 Å². The van der Waals surface area contributed by atoms with E-state index in [1.807, 2.05) is 25.2 Å². The summed E-state index contributed by atoms with van der Waals surface area (Å²) in [6.07, 6.45) is 2.03. The number of amides is 1. The van der Waals surface area contributed by atoms with Gasteiger partial charge in [-0.25, -0.2) is 0 Å². The van der Waals surface area contributed by atoms with E-state index in [2.05, 4.69) is 31.0 Å². The minimum atomic E-state index is 0.130. The fraction of sp³-hybridized carbons (Fsp3) is 0.500. The minimum absolute atomic E-state index is 0.130. The van der Waals surface area contributed by atoms with E-state index in [1.54, 1.807) is 4.90 Å². The van der Waals surface area contributed by atoms with Crippen LogP contribution in [0.5, 0.6) is 0 Å². The molecular formula is C14H22N2O. The van der Waals surface area contributed by atoms with Crippen molar-refractivity contribution in [3.8, 4) is 0 Å². The average molecular weight is 234 g/mol. The molecule has 0 aliphatic carbocycles. The monoisotopic (exact) mass is 234 g/mol. The molecule has 0 saturated carbocycles. The molecule has 1 amide bonds. The summed E-state index contributed by atoms with van der Waals surface area (Å²) in [5.41, 5.74) is 1.19. The summed E-state index contributed by atoms with van der Waals surface area (Å²) in [4.78, 5) is 15.0. The molecule has 0 N–H and O–H groups in total. The van der Waals surface area contributed by atoms with Crippen molar-refractivity contribution < 1.29 is 4.79 Å². The molecule has 0 bridgehead atoms. The fourth-order valence-electron chi connectivity index (χ4n) is 1.99. The summed E-state index contributed by atoms with van der Waals surface area (Å²) in [5.74, 6) is 0. The van der Waals surface area contributed by atoms with Crippen LogP contribution in [-0.4, -0.2) is 43.4 Å². The maximum absolute atomic E-state index is 11.0. The third-order valence-electron chi connectivity index (χ3n) is 2.93. The highest BCUT2D eigenvalue weighted by Gasteiger charge is 2.17. The highest BCUT2D eigenvalue weighted by Crippen LogP contribution is 2.18. The molecule has 0 aliphatic heterocycles. The van der Waals surface area contributed by atoms with Crippen LogP contribution in [0.3, 0.4) is 0 Å². The van der Waals surface area contributed by atoms with Gasteiger partial charge < -0.3 is 9.80 Å². The van der Waals surface area contributed by atoms with E-state index in [4.69, 9.17) is 0 Å². The van der Waals surface area contributed by atoms with Crippen LogP contribution < -0.4 is 0 Å². The fourth-order valence-corrected chi connectivity index (χ4v) is 1.99. The zero-order valence-electron chi connectivity index (χ0n) is 11.0. The predicted octanol–water partition coefficient (Wildman–Crippen LogP) is 2.16. The third-order valence-corrected chi connectivity index (χ3v) is 2.93. The normalized spacial score (nSPS) is 12.5. The Morgan fingerprint density at radius 3 is 2.41 bits per heavy atom. The summed E-state index contributed by atoms with van der Waals surface area (Å²) in [7, 11) is 3.93. The molecule has 1 rings (SSSR count). The Morgan fingerprint density at radius 2 is 1.88 bits per heavy atom. The molecule has 1 atom stereocenters. The van der Waals surface area contributed by atoms with Crippen LogP contribution >= 0.6 is 0 Å². The van der Waals surface area contributed by atoms with Crippen molar-refractivity contribution in [1.29, 1.82) is 0 Å². The van der Waals surface area contributed by atoms with Crippen molar-refractivity contribution in [2.45, 2.75) is 19.4 Å². The molecule has 0 radical (unpaired) electrons. The van der Waals surface area contributed by atoms with Gasteiger partial charge in [-0.3, -0.25) is 4.79 Å². The Labute approximate surface area is 104 Å². The highest BCUT2D eigenvalue weighted by atomic mass is 16.1. The largest absolute Gasteiger partial charge is 0.340 e. The molecule has 0 aliphatic rings. The number of nitrogens with zero attached hydrogens (tertiary/aromatic N) is 2. The molecule has 3 nitrogen and oxygen atoms in total. The standard InChI is InChI=1S/C14H22N2O/c1-4-10-15(2)11-14(16(3)12-17)13-8-6-5-7-9-13/h5-9,12,14H,4,10-11H2,1-3H3. The van der Waals surface area contributed by atoms with E-state index < -0.39 is 0 Å². The van der Waals surface area contributed by atoms with Crippen molar-refractivity contribution >= 4 is 6.41 Å². The first-order chi connectivity index (χ1) is 8.19. The second-order valence-corrected chi connectivity index (χ2v) is 4.46. The number of carbonyl (C=O) groups is 1. The Kier molecular flexibility index (Phi) is 5.70. The van der Waals surface area contributed by atoms with Crippen LogP contribution in [-0.2, 0) is 4.79 Å². The highest BCUT2D eigenvalue weighted by molar-refractivity contribution is 5.48. The Hall–Kier alpha value is -1.35. The molecule has 94 valence electrons. The Bertz CT molecular complexity index is 326. The minimum Gasteiger partial charge on any atom is -0.340 e. The SMILES string of the molecule is CCCN(C)CC(c1ccccc1)N(C)C=O. The number of rotatable bonds is 7. The van der Waals surface area contributed by atoms with Crippen LogP contribution in [0.2, 0.25) is 0 Å². The molecular weight excluding hydrogens is 212 g/mol. The summed E-state index contributed by atoms with van der Waals surface area (Å²) >= 11 is 0. The van der Waals surface area contributed by atoms with E-state index in [-0.39, 0.29) is 6.04 Å². The maximum Gasteiger partial charge on any atom is 0.210 e. The lowest BCUT2D eigenvalue weighted by Crippen LogP contribution is -2.34. The van der Waals surface area contributed by atoms with Gasteiger partial charge in [-0.15, -0.1) is 0 Å². The molecule has 3 heteroatoms. The topological polar surface area (TPSA) is 23.6 Å². The van der Waals surface area contributed by atoms with Gasteiger partial charge in [-0.2, -0.15) is 0 Å². The van der Waals surface area contributed by atoms with Gasteiger partial charge >= 0.3 is 0 Å². The van der Waals surface area contributed by atoms with Crippen LogP contribution in [0.15, 0.2) is 30.3 Å². The van der Waals surface area contributed by atoms with Gasteiger partial charge in [0.1, 0.15) is 0 Å². The first-order valence-corrected chi connectivity index (χ1v) is 6.09. The molecule has 0 aromatic heterocycles. The van der Waals surface area contributed by atoms with Gasteiger partial charge in [-0.05, 0) is 25.6 Å². The van der Waals surface area contributed by atoms with Gasteiger partial charge in [0.05, 0.1) is 6.04 Å².